The number of carbonyl (C=O) groups excluding carboxylic acids is 1. The minimum Gasteiger partial charge on any atom is -0.465 e. The van der Waals surface area contributed by atoms with Crippen LogP contribution in [-0.2, 0) is 4.74 Å². The Kier molecular flexibility index (Phi) is 3.51. The summed E-state index contributed by atoms with van der Waals surface area (Å²) in [6, 6.07) is 13.0. The molecule has 3 rings (SSSR count). The Hall–Kier alpha value is -2.88. The SMILES string of the molecule is COC(=O)c1cccc(-c2cccc3c(=O)[nH]ccc23)c1C. The van der Waals surface area contributed by atoms with Crippen LogP contribution in [0.5, 0.6) is 0 Å². The highest BCUT2D eigenvalue weighted by atomic mass is 16.5. The van der Waals surface area contributed by atoms with E-state index in [0.717, 1.165) is 22.1 Å². The number of rotatable bonds is 2. The zero-order valence-corrected chi connectivity index (χ0v) is 12.3. The number of fused-ring (bicyclic) bond motifs is 1. The van der Waals surface area contributed by atoms with Gasteiger partial charge in [-0.1, -0.05) is 24.3 Å². The number of carbonyl (C=O) groups is 1. The first-order valence-electron chi connectivity index (χ1n) is 6.92. The van der Waals surface area contributed by atoms with E-state index >= 15 is 0 Å². The largest absolute Gasteiger partial charge is 0.465 e. The molecule has 0 aliphatic carbocycles. The van der Waals surface area contributed by atoms with Crippen molar-refractivity contribution in [2.75, 3.05) is 7.11 Å². The molecule has 4 heteroatoms. The van der Waals surface area contributed by atoms with Gasteiger partial charge in [0.1, 0.15) is 0 Å². The van der Waals surface area contributed by atoms with Crippen molar-refractivity contribution in [3.8, 4) is 11.1 Å². The molecule has 0 saturated carbocycles. The van der Waals surface area contributed by atoms with E-state index in [1.165, 1.54) is 7.11 Å². The summed E-state index contributed by atoms with van der Waals surface area (Å²) in [5, 5.41) is 1.49. The predicted octanol–water partition coefficient (Wildman–Crippen LogP) is 3.29. The lowest BCUT2D eigenvalue weighted by Crippen LogP contribution is -2.06. The number of H-pyrrole nitrogens is 1. The smallest absolute Gasteiger partial charge is 0.338 e. The van der Waals surface area contributed by atoms with Gasteiger partial charge in [-0.15, -0.1) is 0 Å². The van der Waals surface area contributed by atoms with Gasteiger partial charge in [0.15, 0.2) is 0 Å². The lowest BCUT2D eigenvalue weighted by molar-refractivity contribution is 0.0600. The molecule has 0 atom stereocenters. The number of methoxy groups -OCH3 is 1. The molecule has 0 saturated heterocycles. The lowest BCUT2D eigenvalue weighted by Gasteiger charge is -2.12. The summed E-state index contributed by atoms with van der Waals surface area (Å²) in [7, 11) is 1.37. The molecular formula is C18H15NO3. The van der Waals surface area contributed by atoms with E-state index in [2.05, 4.69) is 4.98 Å². The lowest BCUT2D eigenvalue weighted by atomic mass is 9.93. The van der Waals surface area contributed by atoms with Gasteiger partial charge >= 0.3 is 5.97 Å². The van der Waals surface area contributed by atoms with Crippen molar-refractivity contribution in [1.29, 1.82) is 0 Å². The molecule has 0 spiro atoms. The zero-order valence-electron chi connectivity index (χ0n) is 12.3. The van der Waals surface area contributed by atoms with E-state index in [0.29, 0.717) is 10.9 Å². The van der Waals surface area contributed by atoms with E-state index in [-0.39, 0.29) is 11.5 Å². The number of pyridine rings is 1. The molecule has 1 aromatic heterocycles. The quantitative estimate of drug-likeness (QED) is 0.738. The van der Waals surface area contributed by atoms with Crippen molar-refractivity contribution in [2.24, 2.45) is 0 Å². The van der Waals surface area contributed by atoms with Crippen LogP contribution in [0.15, 0.2) is 53.5 Å². The van der Waals surface area contributed by atoms with Crippen LogP contribution in [0.2, 0.25) is 0 Å². The second kappa shape index (κ2) is 5.48. The molecule has 1 N–H and O–H groups in total. The van der Waals surface area contributed by atoms with Gasteiger partial charge in [0, 0.05) is 11.6 Å². The molecule has 0 radical (unpaired) electrons. The molecule has 110 valence electrons. The van der Waals surface area contributed by atoms with Crippen LogP contribution in [-0.4, -0.2) is 18.1 Å². The monoisotopic (exact) mass is 293 g/mol. The molecule has 0 aliphatic rings. The minimum absolute atomic E-state index is 0.124. The first-order valence-corrected chi connectivity index (χ1v) is 6.92. The summed E-state index contributed by atoms with van der Waals surface area (Å²) < 4.78 is 4.82. The van der Waals surface area contributed by atoms with Gasteiger partial charge in [-0.25, -0.2) is 4.79 Å². The molecule has 0 aliphatic heterocycles. The Balaban J connectivity index is 2.32. The fourth-order valence-electron chi connectivity index (χ4n) is 2.71. The summed E-state index contributed by atoms with van der Waals surface area (Å²) in [6.07, 6.45) is 1.63. The van der Waals surface area contributed by atoms with Crippen LogP contribution in [0, 0.1) is 6.92 Å². The molecule has 0 unspecified atom stereocenters. The number of esters is 1. The fraction of sp³-hybridized carbons (Fsp3) is 0.111. The van der Waals surface area contributed by atoms with Crippen LogP contribution in [0.1, 0.15) is 15.9 Å². The van der Waals surface area contributed by atoms with Crippen molar-refractivity contribution in [1.82, 2.24) is 4.98 Å². The van der Waals surface area contributed by atoms with Crippen LogP contribution < -0.4 is 5.56 Å². The van der Waals surface area contributed by atoms with Crippen molar-refractivity contribution >= 4 is 16.7 Å². The molecular weight excluding hydrogens is 278 g/mol. The fourth-order valence-corrected chi connectivity index (χ4v) is 2.71. The van der Waals surface area contributed by atoms with E-state index in [4.69, 9.17) is 4.74 Å². The van der Waals surface area contributed by atoms with Crippen molar-refractivity contribution in [3.63, 3.8) is 0 Å². The van der Waals surface area contributed by atoms with Crippen LogP contribution in [0.3, 0.4) is 0 Å². The normalized spacial score (nSPS) is 10.6. The molecule has 22 heavy (non-hydrogen) atoms. The Labute approximate surface area is 127 Å². The van der Waals surface area contributed by atoms with Gasteiger partial charge < -0.3 is 9.72 Å². The first-order chi connectivity index (χ1) is 10.6. The number of hydrogen-bond donors (Lipinski definition) is 1. The highest BCUT2D eigenvalue weighted by molar-refractivity contribution is 5.99. The second-order valence-corrected chi connectivity index (χ2v) is 5.04. The van der Waals surface area contributed by atoms with Crippen molar-refractivity contribution < 1.29 is 9.53 Å². The number of nitrogens with one attached hydrogen (secondary N) is 1. The summed E-state index contributed by atoms with van der Waals surface area (Å²) in [5.41, 5.74) is 3.08. The van der Waals surface area contributed by atoms with Crippen molar-refractivity contribution in [3.05, 3.63) is 70.1 Å². The van der Waals surface area contributed by atoms with Gasteiger partial charge in [0.2, 0.25) is 0 Å². The summed E-state index contributed by atoms with van der Waals surface area (Å²) in [5.74, 6) is -0.363. The zero-order chi connectivity index (χ0) is 15.7. The maximum Gasteiger partial charge on any atom is 0.338 e. The van der Waals surface area contributed by atoms with Crippen molar-refractivity contribution in [2.45, 2.75) is 6.92 Å². The van der Waals surface area contributed by atoms with E-state index in [1.807, 2.05) is 37.3 Å². The van der Waals surface area contributed by atoms with Crippen LogP contribution in [0.25, 0.3) is 21.9 Å². The Morgan fingerprint density at radius 3 is 2.50 bits per heavy atom. The number of aromatic amines is 1. The Bertz CT molecular complexity index is 925. The maximum atomic E-state index is 11.9. The Morgan fingerprint density at radius 1 is 1.00 bits per heavy atom. The highest BCUT2D eigenvalue weighted by Gasteiger charge is 2.14. The number of aromatic nitrogens is 1. The number of ether oxygens (including phenoxy) is 1. The van der Waals surface area contributed by atoms with Gasteiger partial charge in [0.05, 0.1) is 12.7 Å². The van der Waals surface area contributed by atoms with E-state index < -0.39 is 0 Å². The van der Waals surface area contributed by atoms with E-state index in [1.54, 1.807) is 18.3 Å². The predicted molar refractivity (Wildman–Crippen MR) is 86.1 cm³/mol. The third-order valence-corrected chi connectivity index (χ3v) is 3.84. The van der Waals surface area contributed by atoms with Gasteiger partial charge in [-0.2, -0.15) is 0 Å². The molecule has 0 amide bonds. The molecule has 3 aromatic rings. The van der Waals surface area contributed by atoms with Gasteiger partial charge in [-0.3, -0.25) is 4.79 Å². The number of benzene rings is 2. The molecule has 0 fully saturated rings. The number of hydrogen-bond acceptors (Lipinski definition) is 3. The molecule has 2 aromatic carbocycles. The maximum absolute atomic E-state index is 11.9. The van der Waals surface area contributed by atoms with Crippen LogP contribution in [0.4, 0.5) is 0 Å². The Morgan fingerprint density at radius 2 is 1.73 bits per heavy atom. The average Bonchev–Trinajstić information content (AvgIpc) is 2.54. The summed E-state index contributed by atoms with van der Waals surface area (Å²) in [4.78, 5) is 26.5. The third-order valence-electron chi connectivity index (χ3n) is 3.84. The molecule has 1 heterocycles. The second-order valence-electron chi connectivity index (χ2n) is 5.04. The standard InChI is InChI=1S/C18H15NO3/c1-11-12(5-3-6-13(11)18(21)22-2)14-7-4-8-16-15(14)9-10-19-17(16)20/h3-10H,1-2H3,(H,19,20). The minimum atomic E-state index is -0.363. The topological polar surface area (TPSA) is 59.2 Å². The molecule has 4 nitrogen and oxygen atoms in total. The van der Waals surface area contributed by atoms with E-state index in [9.17, 15) is 9.59 Å². The van der Waals surface area contributed by atoms with Crippen LogP contribution >= 0.6 is 0 Å². The molecule has 0 bridgehead atoms. The third kappa shape index (κ3) is 2.19. The van der Waals surface area contributed by atoms with Gasteiger partial charge in [0.25, 0.3) is 5.56 Å². The highest BCUT2D eigenvalue weighted by Crippen LogP contribution is 2.31. The first kappa shape index (κ1) is 14.1. The average molecular weight is 293 g/mol. The summed E-state index contributed by atoms with van der Waals surface area (Å²) >= 11 is 0. The van der Waals surface area contributed by atoms with Gasteiger partial charge in [-0.05, 0) is 47.2 Å². The summed E-state index contributed by atoms with van der Waals surface area (Å²) in [6.45, 7) is 1.88.